The number of carbonyl (C=O) groups is 2. The first-order valence-corrected chi connectivity index (χ1v) is 5.39. The van der Waals surface area contributed by atoms with Crippen molar-refractivity contribution in [3.63, 3.8) is 0 Å². The number of aldehydes is 1. The molecule has 0 fully saturated rings. The number of halogens is 1. The van der Waals surface area contributed by atoms with E-state index in [1.807, 2.05) is 0 Å². The van der Waals surface area contributed by atoms with Gasteiger partial charge in [-0.15, -0.1) is 0 Å². The summed E-state index contributed by atoms with van der Waals surface area (Å²) in [4.78, 5) is 22.1. The van der Waals surface area contributed by atoms with Gasteiger partial charge in [-0.25, -0.2) is 0 Å². The Morgan fingerprint density at radius 1 is 1.60 bits per heavy atom. The van der Waals surface area contributed by atoms with Crippen molar-refractivity contribution in [2.75, 3.05) is 0 Å². The molecule has 4 heteroatoms. The summed E-state index contributed by atoms with van der Waals surface area (Å²) in [5.74, 6) is -0.160. The number of ketones is 1. The van der Waals surface area contributed by atoms with Crippen LogP contribution in [0.25, 0.3) is 0 Å². The Morgan fingerprint density at radius 2 is 2.27 bits per heavy atom. The van der Waals surface area contributed by atoms with Crippen LogP contribution in [-0.4, -0.2) is 22.0 Å². The van der Waals surface area contributed by atoms with E-state index in [1.165, 1.54) is 0 Å². The van der Waals surface area contributed by atoms with Gasteiger partial charge in [0.05, 0.1) is 11.4 Å². The van der Waals surface area contributed by atoms with Crippen LogP contribution in [0, 0.1) is 0 Å². The smallest absolute Gasteiger partial charge is 0.176 e. The molecule has 0 heterocycles. The third kappa shape index (κ3) is 2.73. The number of carbonyl (C=O) groups excluding carboxylic acids is 2. The zero-order chi connectivity index (χ0) is 11.4. The number of hydrogen-bond donors (Lipinski definition) is 1. The predicted molar refractivity (Wildman–Crippen MR) is 60.5 cm³/mol. The van der Waals surface area contributed by atoms with Crippen LogP contribution in [-0.2, 0) is 6.61 Å². The van der Waals surface area contributed by atoms with E-state index >= 15 is 0 Å². The van der Waals surface area contributed by atoms with Crippen LogP contribution in [0.15, 0.2) is 18.2 Å². The first-order valence-electron chi connectivity index (χ1n) is 4.47. The highest BCUT2D eigenvalue weighted by Gasteiger charge is 2.16. The summed E-state index contributed by atoms with van der Waals surface area (Å²) in [6.07, 6.45) is 0.643. The van der Waals surface area contributed by atoms with Gasteiger partial charge in [0.25, 0.3) is 0 Å². The molecule has 1 unspecified atom stereocenters. The van der Waals surface area contributed by atoms with Crippen molar-refractivity contribution in [1.29, 1.82) is 0 Å². The SMILES string of the molecule is CC(Br)C(=O)c1cc(CO)ccc1C=O. The highest BCUT2D eigenvalue weighted by molar-refractivity contribution is 9.10. The molecule has 0 aromatic heterocycles. The van der Waals surface area contributed by atoms with E-state index in [0.717, 1.165) is 0 Å². The fourth-order valence-electron chi connectivity index (χ4n) is 1.23. The van der Waals surface area contributed by atoms with E-state index in [-0.39, 0.29) is 17.2 Å². The van der Waals surface area contributed by atoms with Crippen LogP contribution in [0.4, 0.5) is 0 Å². The molecule has 1 aromatic carbocycles. The molecule has 15 heavy (non-hydrogen) atoms. The fraction of sp³-hybridized carbons (Fsp3) is 0.273. The molecular formula is C11H11BrO3. The van der Waals surface area contributed by atoms with Gasteiger partial charge in [0, 0.05) is 11.1 Å². The zero-order valence-electron chi connectivity index (χ0n) is 8.24. The summed E-state index contributed by atoms with van der Waals surface area (Å²) in [6.45, 7) is 1.55. The molecule has 0 radical (unpaired) electrons. The summed E-state index contributed by atoms with van der Waals surface area (Å²) < 4.78 is 0. The molecule has 0 bridgehead atoms. The molecule has 0 saturated heterocycles. The lowest BCUT2D eigenvalue weighted by molar-refractivity contribution is 0.0988. The topological polar surface area (TPSA) is 54.4 Å². The molecule has 0 spiro atoms. The first kappa shape index (κ1) is 12.1. The number of hydrogen-bond acceptors (Lipinski definition) is 3. The monoisotopic (exact) mass is 270 g/mol. The molecule has 80 valence electrons. The molecule has 0 saturated carbocycles. The Kier molecular flexibility index (Phi) is 4.17. The van der Waals surface area contributed by atoms with Gasteiger partial charge >= 0.3 is 0 Å². The van der Waals surface area contributed by atoms with Crippen LogP contribution < -0.4 is 0 Å². The lowest BCUT2D eigenvalue weighted by Gasteiger charge is -2.07. The maximum Gasteiger partial charge on any atom is 0.176 e. The Morgan fingerprint density at radius 3 is 2.73 bits per heavy atom. The number of Topliss-reactive ketones (excluding diaryl/α,β-unsaturated/α-hetero) is 1. The number of benzene rings is 1. The van der Waals surface area contributed by atoms with Crippen LogP contribution >= 0.6 is 15.9 Å². The second-order valence-corrected chi connectivity index (χ2v) is 4.55. The van der Waals surface area contributed by atoms with Crippen molar-refractivity contribution in [1.82, 2.24) is 0 Å². The Balaban J connectivity index is 3.23. The molecule has 0 amide bonds. The van der Waals surface area contributed by atoms with Crippen molar-refractivity contribution in [2.45, 2.75) is 18.4 Å². The third-order valence-electron chi connectivity index (χ3n) is 2.05. The highest BCUT2D eigenvalue weighted by Crippen LogP contribution is 2.16. The number of aliphatic hydroxyl groups is 1. The van der Waals surface area contributed by atoms with Gasteiger partial charge in [-0.05, 0) is 18.6 Å². The first-order chi connectivity index (χ1) is 7.10. The quantitative estimate of drug-likeness (QED) is 0.517. The summed E-state index contributed by atoms with van der Waals surface area (Å²) >= 11 is 3.16. The molecule has 1 atom stereocenters. The lowest BCUT2D eigenvalue weighted by Crippen LogP contribution is -2.13. The van der Waals surface area contributed by atoms with Crippen molar-refractivity contribution < 1.29 is 14.7 Å². The third-order valence-corrected chi connectivity index (χ3v) is 2.47. The van der Waals surface area contributed by atoms with E-state index in [4.69, 9.17) is 5.11 Å². The van der Waals surface area contributed by atoms with Crippen molar-refractivity contribution >= 4 is 28.0 Å². The molecule has 1 rings (SSSR count). The van der Waals surface area contributed by atoms with Crippen LogP contribution in [0.5, 0.6) is 0 Å². The molecule has 0 aliphatic carbocycles. The van der Waals surface area contributed by atoms with Crippen LogP contribution in [0.2, 0.25) is 0 Å². The number of aliphatic hydroxyl groups excluding tert-OH is 1. The van der Waals surface area contributed by atoms with E-state index in [1.54, 1.807) is 25.1 Å². The molecule has 0 aliphatic rings. The van der Waals surface area contributed by atoms with Gasteiger partial charge in [-0.3, -0.25) is 9.59 Å². The Hall–Kier alpha value is -1.00. The minimum absolute atomic E-state index is 0.143. The second kappa shape index (κ2) is 5.19. The molecule has 3 nitrogen and oxygen atoms in total. The molecular weight excluding hydrogens is 260 g/mol. The maximum absolute atomic E-state index is 11.7. The van der Waals surface area contributed by atoms with Gasteiger partial charge < -0.3 is 5.11 Å². The summed E-state index contributed by atoms with van der Waals surface area (Å²) in [5, 5.41) is 8.93. The lowest BCUT2D eigenvalue weighted by atomic mass is 10.00. The summed E-state index contributed by atoms with van der Waals surface area (Å²) in [5.41, 5.74) is 1.32. The average Bonchev–Trinajstić information content (AvgIpc) is 2.27. The zero-order valence-corrected chi connectivity index (χ0v) is 9.82. The highest BCUT2D eigenvalue weighted by atomic mass is 79.9. The van der Waals surface area contributed by atoms with Gasteiger partial charge in [0.15, 0.2) is 12.1 Å². The Labute approximate surface area is 96.2 Å². The van der Waals surface area contributed by atoms with Gasteiger partial charge in [-0.1, -0.05) is 28.1 Å². The van der Waals surface area contributed by atoms with Crippen LogP contribution in [0.1, 0.15) is 33.2 Å². The summed E-state index contributed by atoms with van der Waals surface area (Å²) in [6, 6.07) is 4.71. The standard InChI is InChI=1S/C11H11BrO3/c1-7(12)11(15)10-4-8(5-13)2-3-9(10)6-14/h2-4,6-7,13H,5H2,1H3. The largest absolute Gasteiger partial charge is 0.392 e. The number of rotatable bonds is 4. The van der Waals surface area contributed by atoms with E-state index in [0.29, 0.717) is 23.0 Å². The van der Waals surface area contributed by atoms with Gasteiger partial charge in [-0.2, -0.15) is 0 Å². The minimum Gasteiger partial charge on any atom is -0.392 e. The molecule has 1 N–H and O–H groups in total. The maximum atomic E-state index is 11.7. The Bertz CT molecular complexity index is 385. The van der Waals surface area contributed by atoms with Crippen molar-refractivity contribution in [2.24, 2.45) is 0 Å². The van der Waals surface area contributed by atoms with Crippen molar-refractivity contribution in [3.05, 3.63) is 34.9 Å². The van der Waals surface area contributed by atoms with Crippen molar-refractivity contribution in [3.8, 4) is 0 Å². The van der Waals surface area contributed by atoms with Gasteiger partial charge in [0.1, 0.15) is 0 Å². The van der Waals surface area contributed by atoms with E-state index in [9.17, 15) is 9.59 Å². The average molecular weight is 271 g/mol. The normalized spacial score (nSPS) is 12.2. The number of alkyl halides is 1. The predicted octanol–water partition coefficient (Wildman–Crippen LogP) is 1.96. The second-order valence-electron chi connectivity index (χ2n) is 3.18. The summed E-state index contributed by atoms with van der Waals surface area (Å²) in [7, 11) is 0. The van der Waals surface area contributed by atoms with E-state index < -0.39 is 0 Å². The van der Waals surface area contributed by atoms with Crippen LogP contribution in [0.3, 0.4) is 0 Å². The van der Waals surface area contributed by atoms with E-state index in [2.05, 4.69) is 15.9 Å². The molecule has 0 aliphatic heterocycles. The molecule has 1 aromatic rings. The fourth-order valence-corrected chi connectivity index (χ4v) is 1.48. The van der Waals surface area contributed by atoms with Gasteiger partial charge in [0.2, 0.25) is 0 Å². The minimum atomic E-state index is -0.342.